The summed E-state index contributed by atoms with van der Waals surface area (Å²) in [6.45, 7) is 0. The van der Waals surface area contributed by atoms with Crippen molar-refractivity contribution >= 4 is 0 Å². The van der Waals surface area contributed by atoms with Gasteiger partial charge in [-0.2, -0.15) is 0 Å². The van der Waals surface area contributed by atoms with Crippen LogP contribution in [-0.2, 0) is 11.8 Å². The average Bonchev–Trinajstić information content (AvgIpc) is 2.41. The number of benzene rings is 2. The van der Waals surface area contributed by atoms with Crippen molar-refractivity contribution in [3.8, 4) is 0 Å². The minimum Gasteiger partial charge on any atom is -0.392 e. The summed E-state index contributed by atoms with van der Waals surface area (Å²) in [6, 6.07) is 16.9. The van der Waals surface area contributed by atoms with Crippen molar-refractivity contribution in [2.75, 3.05) is 0 Å². The van der Waals surface area contributed by atoms with Gasteiger partial charge in [-0.1, -0.05) is 55.0 Å². The molecule has 1 N–H and O–H groups in total. The highest BCUT2D eigenvalue weighted by atomic mass is 19.1. The third-order valence-corrected chi connectivity index (χ3v) is 4.60. The highest BCUT2D eigenvalue weighted by molar-refractivity contribution is 5.31. The zero-order valence-corrected chi connectivity index (χ0v) is 11.4. The highest BCUT2D eigenvalue weighted by Crippen LogP contribution is 2.47. The Morgan fingerprint density at radius 2 is 1.65 bits per heavy atom. The van der Waals surface area contributed by atoms with Crippen molar-refractivity contribution in [2.45, 2.75) is 37.2 Å². The molecule has 1 aliphatic carbocycles. The third kappa shape index (κ3) is 2.25. The van der Waals surface area contributed by atoms with Gasteiger partial charge in [0.05, 0.1) is 6.10 Å². The van der Waals surface area contributed by atoms with E-state index in [2.05, 4.69) is 12.1 Å². The van der Waals surface area contributed by atoms with Crippen LogP contribution in [0.2, 0.25) is 0 Å². The number of halogens is 1. The van der Waals surface area contributed by atoms with Crippen LogP contribution in [0.5, 0.6) is 0 Å². The van der Waals surface area contributed by atoms with E-state index in [9.17, 15) is 9.50 Å². The normalized spacial score (nSPS) is 18.3. The molecule has 1 nitrogen and oxygen atoms in total. The Balaban J connectivity index is 1.85. The van der Waals surface area contributed by atoms with Gasteiger partial charge in [0, 0.05) is 11.8 Å². The quantitative estimate of drug-likeness (QED) is 0.894. The van der Waals surface area contributed by atoms with E-state index >= 15 is 0 Å². The first-order valence-corrected chi connectivity index (χ1v) is 7.19. The first-order valence-electron chi connectivity index (χ1n) is 7.19. The Labute approximate surface area is 119 Å². The predicted molar refractivity (Wildman–Crippen MR) is 78.1 cm³/mol. The molecule has 2 aromatic rings. The minimum absolute atomic E-state index is 0.191. The standard InChI is InChI=1S/C18H19FO/c19-16-10-5-4-7-14(16)13-17(20)18(11-6-12-18)15-8-2-1-3-9-15/h1-5,7-10,17,20H,6,11-13H2. The van der Waals surface area contributed by atoms with E-state index in [1.54, 1.807) is 12.1 Å². The molecule has 0 spiro atoms. The average molecular weight is 270 g/mol. The minimum atomic E-state index is -0.532. The number of aliphatic hydroxyl groups is 1. The second-order valence-electron chi connectivity index (χ2n) is 5.69. The fraction of sp³-hybridized carbons (Fsp3) is 0.333. The predicted octanol–water partition coefficient (Wildman–Crippen LogP) is 3.85. The zero-order valence-electron chi connectivity index (χ0n) is 11.4. The molecule has 1 aliphatic rings. The van der Waals surface area contributed by atoms with Gasteiger partial charge in [-0.25, -0.2) is 4.39 Å². The maximum absolute atomic E-state index is 13.8. The van der Waals surface area contributed by atoms with Gasteiger partial charge >= 0.3 is 0 Å². The molecule has 1 fully saturated rings. The van der Waals surface area contributed by atoms with Gasteiger partial charge in [0.25, 0.3) is 0 Å². The Morgan fingerprint density at radius 3 is 2.25 bits per heavy atom. The zero-order chi connectivity index (χ0) is 14.0. The van der Waals surface area contributed by atoms with Crippen molar-refractivity contribution < 1.29 is 9.50 Å². The summed E-state index contributed by atoms with van der Waals surface area (Å²) in [5.74, 6) is -0.228. The van der Waals surface area contributed by atoms with Crippen LogP contribution in [0.3, 0.4) is 0 Å². The van der Waals surface area contributed by atoms with Crippen LogP contribution >= 0.6 is 0 Å². The smallest absolute Gasteiger partial charge is 0.126 e. The Kier molecular flexibility index (Phi) is 3.58. The SMILES string of the molecule is OC(Cc1ccccc1F)C1(c2ccccc2)CCC1. The van der Waals surface area contributed by atoms with Gasteiger partial charge in [0.2, 0.25) is 0 Å². The van der Waals surface area contributed by atoms with E-state index in [4.69, 9.17) is 0 Å². The summed E-state index contributed by atoms with van der Waals surface area (Å²) in [5.41, 5.74) is 1.58. The van der Waals surface area contributed by atoms with Gasteiger partial charge in [-0.3, -0.25) is 0 Å². The lowest BCUT2D eigenvalue weighted by Gasteiger charge is -2.46. The van der Waals surface area contributed by atoms with E-state index in [-0.39, 0.29) is 11.2 Å². The summed E-state index contributed by atoms with van der Waals surface area (Å²) in [4.78, 5) is 0. The second-order valence-corrected chi connectivity index (χ2v) is 5.69. The third-order valence-electron chi connectivity index (χ3n) is 4.60. The fourth-order valence-electron chi connectivity index (χ4n) is 3.21. The number of aliphatic hydroxyl groups excluding tert-OH is 1. The Morgan fingerprint density at radius 1 is 1.00 bits per heavy atom. The molecule has 0 aromatic heterocycles. The molecule has 0 heterocycles. The molecular weight excluding hydrogens is 251 g/mol. The first-order chi connectivity index (χ1) is 9.72. The molecule has 0 saturated heterocycles. The van der Waals surface area contributed by atoms with Crippen molar-refractivity contribution in [1.82, 2.24) is 0 Å². The summed E-state index contributed by atoms with van der Waals surface area (Å²) in [5, 5.41) is 10.7. The van der Waals surface area contributed by atoms with Crippen LogP contribution < -0.4 is 0 Å². The van der Waals surface area contributed by atoms with Crippen LogP contribution in [0.15, 0.2) is 54.6 Å². The van der Waals surface area contributed by atoms with Crippen LogP contribution in [-0.4, -0.2) is 11.2 Å². The number of hydrogen-bond donors (Lipinski definition) is 1. The molecule has 0 amide bonds. The van der Waals surface area contributed by atoms with Gasteiger partial charge < -0.3 is 5.11 Å². The van der Waals surface area contributed by atoms with Crippen LogP contribution in [0, 0.1) is 5.82 Å². The highest BCUT2D eigenvalue weighted by Gasteiger charge is 2.44. The molecule has 1 atom stereocenters. The lowest BCUT2D eigenvalue weighted by molar-refractivity contribution is 0.0280. The van der Waals surface area contributed by atoms with Crippen molar-refractivity contribution in [1.29, 1.82) is 0 Å². The van der Waals surface area contributed by atoms with Crippen LogP contribution in [0.4, 0.5) is 4.39 Å². The van der Waals surface area contributed by atoms with E-state index in [0.29, 0.717) is 12.0 Å². The summed E-state index contributed by atoms with van der Waals surface area (Å²) in [7, 11) is 0. The van der Waals surface area contributed by atoms with Crippen molar-refractivity contribution in [2.24, 2.45) is 0 Å². The molecule has 2 heteroatoms. The van der Waals surface area contributed by atoms with Crippen LogP contribution in [0.1, 0.15) is 30.4 Å². The lowest BCUT2D eigenvalue weighted by Crippen LogP contribution is -2.46. The topological polar surface area (TPSA) is 20.2 Å². The summed E-state index contributed by atoms with van der Waals surface area (Å²) in [6.07, 6.45) is 2.93. The lowest BCUT2D eigenvalue weighted by atomic mass is 9.60. The molecule has 3 rings (SSSR count). The molecule has 0 aliphatic heterocycles. The van der Waals surface area contributed by atoms with Gasteiger partial charge in [-0.15, -0.1) is 0 Å². The second kappa shape index (κ2) is 5.37. The van der Waals surface area contributed by atoms with Crippen molar-refractivity contribution in [3.05, 3.63) is 71.5 Å². The van der Waals surface area contributed by atoms with E-state index in [1.165, 1.54) is 11.6 Å². The molecule has 1 unspecified atom stereocenters. The molecule has 1 saturated carbocycles. The number of rotatable bonds is 4. The Hall–Kier alpha value is -1.67. The molecule has 104 valence electrons. The molecule has 2 aromatic carbocycles. The number of hydrogen-bond acceptors (Lipinski definition) is 1. The van der Waals surface area contributed by atoms with Crippen molar-refractivity contribution in [3.63, 3.8) is 0 Å². The van der Waals surface area contributed by atoms with Gasteiger partial charge in [-0.05, 0) is 30.0 Å². The van der Waals surface area contributed by atoms with Crippen LogP contribution in [0.25, 0.3) is 0 Å². The monoisotopic (exact) mass is 270 g/mol. The fourth-order valence-corrected chi connectivity index (χ4v) is 3.21. The van der Waals surface area contributed by atoms with Gasteiger partial charge in [0.1, 0.15) is 5.82 Å². The Bertz CT molecular complexity index is 575. The molecule has 0 bridgehead atoms. The molecule has 20 heavy (non-hydrogen) atoms. The van der Waals surface area contributed by atoms with Gasteiger partial charge in [0.15, 0.2) is 0 Å². The first kappa shape index (κ1) is 13.3. The largest absolute Gasteiger partial charge is 0.392 e. The molecule has 0 radical (unpaired) electrons. The van der Waals surface area contributed by atoms with E-state index in [0.717, 1.165) is 19.3 Å². The van der Waals surface area contributed by atoms with E-state index < -0.39 is 6.10 Å². The maximum atomic E-state index is 13.8. The maximum Gasteiger partial charge on any atom is 0.126 e. The summed E-state index contributed by atoms with van der Waals surface area (Å²) >= 11 is 0. The molecular formula is C18H19FO. The summed E-state index contributed by atoms with van der Waals surface area (Å²) < 4.78 is 13.8. The van der Waals surface area contributed by atoms with E-state index in [1.807, 2.05) is 24.3 Å².